The monoisotopic (exact) mass is 359 g/mol. The van der Waals surface area contributed by atoms with Gasteiger partial charge in [0.15, 0.2) is 11.6 Å². The van der Waals surface area contributed by atoms with Crippen LogP contribution in [0, 0.1) is 0 Å². The molecule has 1 atom stereocenters. The van der Waals surface area contributed by atoms with Crippen molar-refractivity contribution >= 4 is 11.7 Å². The van der Waals surface area contributed by atoms with Gasteiger partial charge in [0.1, 0.15) is 0 Å². The number of anilines is 1. The van der Waals surface area contributed by atoms with Gasteiger partial charge in [0.05, 0.1) is 31.2 Å². The second-order valence-electron chi connectivity index (χ2n) is 6.11. The number of rotatable bonds is 3. The van der Waals surface area contributed by atoms with Crippen molar-refractivity contribution in [1.29, 1.82) is 0 Å². The van der Waals surface area contributed by atoms with Crippen molar-refractivity contribution in [3.63, 3.8) is 0 Å². The molecule has 25 heavy (non-hydrogen) atoms. The third-order valence-corrected chi connectivity index (χ3v) is 4.50. The summed E-state index contributed by atoms with van der Waals surface area (Å²) in [4.78, 5) is 19.9. The first-order valence-corrected chi connectivity index (χ1v) is 8.13. The minimum absolute atomic E-state index is 0.0206. The highest BCUT2D eigenvalue weighted by Crippen LogP contribution is 2.37. The summed E-state index contributed by atoms with van der Waals surface area (Å²) in [6, 6.07) is 0.978. The summed E-state index contributed by atoms with van der Waals surface area (Å²) in [5, 5.41) is 0. The lowest BCUT2D eigenvalue weighted by atomic mass is 10.1. The van der Waals surface area contributed by atoms with E-state index in [-0.39, 0.29) is 24.3 Å². The summed E-state index contributed by atoms with van der Waals surface area (Å²) in [6.07, 6.45) is -2.68. The molecule has 1 saturated heterocycles. The smallest absolute Gasteiger partial charge is 0.418 e. The van der Waals surface area contributed by atoms with E-state index in [2.05, 4.69) is 4.98 Å². The van der Waals surface area contributed by atoms with Crippen molar-refractivity contribution in [2.24, 2.45) is 0 Å². The second kappa shape index (κ2) is 7.07. The molecule has 0 spiro atoms. The molecule has 1 unspecified atom stereocenters. The number of carbonyl (C=O) groups is 1. The van der Waals surface area contributed by atoms with Crippen LogP contribution < -0.4 is 9.64 Å². The summed E-state index contributed by atoms with van der Waals surface area (Å²) >= 11 is 0. The number of pyridine rings is 1. The Morgan fingerprint density at radius 2 is 2.24 bits per heavy atom. The van der Waals surface area contributed by atoms with E-state index in [1.54, 1.807) is 12.0 Å². The molecule has 2 aliphatic heterocycles. The Bertz CT molecular complexity index is 639. The van der Waals surface area contributed by atoms with Crippen LogP contribution in [0.15, 0.2) is 12.3 Å². The number of amides is 1. The first-order chi connectivity index (χ1) is 11.9. The van der Waals surface area contributed by atoms with Gasteiger partial charge in [0.2, 0.25) is 5.91 Å². The molecule has 0 aliphatic carbocycles. The Morgan fingerprint density at radius 1 is 1.44 bits per heavy atom. The van der Waals surface area contributed by atoms with Crippen molar-refractivity contribution in [2.75, 3.05) is 44.9 Å². The molecule has 0 N–H and O–H groups in total. The lowest BCUT2D eigenvalue weighted by molar-refractivity contribution is -0.138. The lowest BCUT2D eigenvalue weighted by Gasteiger charge is -2.41. The van der Waals surface area contributed by atoms with E-state index in [0.717, 1.165) is 12.3 Å². The summed E-state index contributed by atoms with van der Waals surface area (Å²) in [5.41, 5.74) is -0.821. The van der Waals surface area contributed by atoms with Gasteiger partial charge in [-0.3, -0.25) is 4.79 Å². The molecule has 1 aromatic heterocycles. The van der Waals surface area contributed by atoms with E-state index in [4.69, 9.17) is 9.47 Å². The summed E-state index contributed by atoms with van der Waals surface area (Å²) < 4.78 is 49.1. The number of piperazine rings is 1. The number of aromatic nitrogens is 1. The van der Waals surface area contributed by atoms with Gasteiger partial charge >= 0.3 is 6.18 Å². The van der Waals surface area contributed by atoms with Crippen molar-refractivity contribution in [1.82, 2.24) is 9.88 Å². The van der Waals surface area contributed by atoms with Crippen LogP contribution in [-0.4, -0.2) is 61.8 Å². The quantitative estimate of drug-likeness (QED) is 0.826. The first kappa shape index (κ1) is 17.8. The zero-order valence-electron chi connectivity index (χ0n) is 13.9. The fourth-order valence-electron chi connectivity index (χ4n) is 3.17. The van der Waals surface area contributed by atoms with Crippen LogP contribution in [0.4, 0.5) is 19.0 Å². The van der Waals surface area contributed by atoms with Crippen molar-refractivity contribution in [2.45, 2.75) is 25.1 Å². The van der Waals surface area contributed by atoms with E-state index in [0.29, 0.717) is 44.9 Å². The third kappa shape index (κ3) is 3.81. The summed E-state index contributed by atoms with van der Waals surface area (Å²) in [5.74, 6) is 0.586. The van der Waals surface area contributed by atoms with E-state index >= 15 is 0 Å². The van der Waals surface area contributed by atoms with Gasteiger partial charge in [-0.25, -0.2) is 4.98 Å². The molecule has 0 saturated carbocycles. The number of alkyl halides is 3. The molecular weight excluding hydrogens is 339 g/mol. The highest BCUT2D eigenvalue weighted by molar-refractivity contribution is 5.76. The maximum atomic E-state index is 12.9. The van der Waals surface area contributed by atoms with E-state index in [9.17, 15) is 18.0 Å². The predicted octanol–water partition coefficient (Wildman–Crippen LogP) is 1.94. The summed E-state index contributed by atoms with van der Waals surface area (Å²) in [7, 11) is 1.55. The highest BCUT2D eigenvalue weighted by atomic mass is 19.4. The number of hydrogen-bond donors (Lipinski definition) is 0. The zero-order chi connectivity index (χ0) is 18.0. The number of fused-ring (bicyclic) bond motifs is 3. The van der Waals surface area contributed by atoms with Crippen molar-refractivity contribution in [3.8, 4) is 5.75 Å². The van der Waals surface area contributed by atoms with E-state index in [1.165, 1.54) is 0 Å². The predicted molar refractivity (Wildman–Crippen MR) is 83.6 cm³/mol. The number of carbonyl (C=O) groups excluding carboxylic acids is 1. The number of nitrogens with zero attached hydrogens (tertiary/aromatic N) is 3. The van der Waals surface area contributed by atoms with Gasteiger partial charge < -0.3 is 19.3 Å². The topological polar surface area (TPSA) is 54.9 Å². The molecule has 1 amide bonds. The van der Waals surface area contributed by atoms with Crippen molar-refractivity contribution in [3.05, 3.63) is 17.8 Å². The Morgan fingerprint density at radius 3 is 2.96 bits per heavy atom. The molecule has 3 rings (SSSR count). The van der Waals surface area contributed by atoms with Gasteiger partial charge in [0, 0.05) is 39.4 Å². The van der Waals surface area contributed by atoms with Crippen LogP contribution in [0.5, 0.6) is 5.75 Å². The average Bonchev–Trinajstić information content (AvgIpc) is 2.76. The third-order valence-electron chi connectivity index (χ3n) is 4.50. The maximum absolute atomic E-state index is 12.9. The number of ether oxygens (including phenoxy) is 2. The van der Waals surface area contributed by atoms with Crippen LogP contribution in [0.25, 0.3) is 0 Å². The highest BCUT2D eigenvalue weighted by Gasteiger charge is 2.36. The standard InChI is InChI=1S/C16H20F3N3O3/c1-24-6-3-14(23)21-4-5-22-12(10-21)2-7-25-13-8-11(16(17,18)19)9-20-15(13)22/h8-9,12H,2-7,10H2,1H3. The molecule has 0 aromatic carbocycles. The van der Waals surface area contributed by atoms with E-state index in [1.807, 2.05) is 4.90 Å². The van der Waals surface area contributed by atoms with Gasteiger partial charge in [-0.1, -0.05) is 0 Å². The molecule has 3 heterocycles. The molecule has 0 bridgehead atoms. The molecule has 1 aromatic rings. The Hall–Kier alpha value is -2.03. The minimum atomic E-state index is -4.45. The Kier molecular flexibility index (Phi) is 5.03. The molecule has 1 fully saturated rings. The molecule has 138 valence electrons. The molecule has 0 radical (unpaired) electrons. The van der Waals surface area contributed by atoms with E-state index < -0.39 is 11.7 Å². The number of hydrogen-bond acceptors (Lipinski definition) is 5. The average molecular weight is 359 g/mol. The molecule has 2 aliphatic rings. The molecule has 6 nitrogen and oxygen atoms in total. The van der Waals surface area contributed by atoms with Crippen LogP contribution in [0.3, 0.4) is 0 Å². The van der Waals surface area contributed by atoms with Gasteiger partial charge in [-0.15, -0.1) is 0 Å². The maximum Gasteiger partial charge on any atom is 0.418 e. The Balaban J connectivity index is 1.77. The largest absolute Gasteiger partial charge is 0.490 e. The lowest BCUT2D eigenvalue weighted by Crippen LogP contribution is -2.55. The molecular formula is C16H20F3N3O3. The fourth-order valence-corrected chi connectivity index (χ4v) is 3.17. The first-order valence-electron chi connectivity index (χ1n) is 8.13. The molecule has 9 heteroatoms. The van der Waals surface area contributed by atoms with Crippen LogP contribution in [-0.2, 0) is 15.7 Å². The van der Waals surface area contributed by atoms with Crippen LogP contribution in [0.1, 0.15) is 18.4 Å². The fraction of sp³-hybridized carbons (Fsp3) is 0.625. The number of halogens is 3. The normalized spacial score (nSPS) is 20.4. The minimum Gasteiger partial charge on any atom is -0.490 e. The van der Waals surface area contributed by atoms with Gasteiger partial charge in [-0.05, 0) is 6.07 Å². The Labute approximate surface area is 143 Å². The van der Waals surface area contributed by atoms with Crippen LogP contribution >= 0.6 is 0 Å². The summed E-state index contributed by atoms with van der Waals surface area (Å²) in [6.45, 7) is 2.18. The second-order valence-corrected chi connectivity index (χ2v) is 6.11. The van der Waals surface area contributed by atoms with Crippen LogP contribution in [0.2, 0.25) is 0 Å². The van der Waals surface area contributed by atoms with Gasteiger partial charge in [0.25, 0.3) is 0 Å². The zero-order valence-corrected chi connectivity index (χ0v) is 13.9. The number of methoxy groups -OCH3 is 1. The van der Waals surface area contributed by atoms with Crippen molar-refractivity contribution < 1.29 is 27.4 Å². The van der Waals surface area contributed by atoms with Gasteiger partial charge in [-0.2, -0.15) is 13.2 Å². The SMILES string of the molecule is COCCC(=O)N1CCN2c3ncc(C(F)(F)F)cc3OCCC2C1.